The van der Waals surface area contributed by atoms with Crippen LogP contribution >= 0.6 is 11.6 Å². The van der Waals surface area contributed by atoms with E-state index in [1.165, 1.54) is 5.56 Å². The molecule has 0 unspecified atom stereocenters. The predicted molar refractivity (Wildman–Crippen MR) is 117 cm³/mol. The summed E-state index contributed by atoms with van der Waals surface area (Å²) in [5.41, 5.74) is 1.77. The molecule has 0 atom stereocenters. The number of carboxylic acid groups (broad SMARTS) is 2. The third-order valence-electron chi connectivity index (χ3n) is 4.80. The second kappa shape index (κ2) is 11.9. The van der Waals surface area contributed by atoms with Gasteiger partial charge in [0.05, 0.1) is 19.8 Å². The van der Waals surface area contributed by atoms with Gasteiger partial charge in [0, 0.05) is 37.7 Å². The van der Waals surface area contributed by atoms with E-state index < -0.39 is 11.9 Å². The average molecular weight is 465 g/mol. The Morgan fingerprint density at radius 1 is 0.906 bits per heavy atom. The maximum Gasteiger partial charge on any atom is 0.414 e. The summed E-state index contributed by atoms with van der Waals surface area (Å²) in [7, 11) is 3.13. The molecular formula is C22H25ClN2O7. The number of aliphatic carboxylic acids is 2. The average Bonchev–Trinajstić information content (AvgIpc) is 2.80. The zero-order valence-corrected chi connectivity index (χ0v) is 18.5. The van der Waals surface area contributed by atoms with Gasteiger partial charge in [-0.25, -0.2) is 9.59 Å². The van der Waals surface area contributed by atoms with E-state index in [4.69, 9.17) is 40.9 Å². The van der Waals surface area contributed by atoms with E-state index >= 15 is 0 Å². The summed E-state index contributed by atoms with van der Waals surface area (Å²) < 4.78 is 10.7. The largest absolute Gasteiger partial charge is 0.493 e. The zero-order chi connectivity index (χ0) is 23.7. The summed E-state index contributed by atoms with van der Waals surface area (Å²) >= 11 is 5.94. The minimum atomic E-state index is -1.82. The Bertz CT molecular complexity index is 930. The smallest absolute Gasteiger partial charge is 0.414 e. The minimum absolute atomic E-state index is 0.0214. The summed E-state index contributed by atoms with van der Waals surface area (Å²) in [6, 6.07) is 13.3. The number of carboxylic acids is 2. The van der Waals surface area contributed by atoms with Crippen molar-refractivity contribution in [3.63, 3.8) is 0 Å². The minimum Gasteiger partial charge on any atom is -0.493 e. The van der Waals surface area contributed by atoms with Crippen LogP contribution in [0.3, 0.4) is 0 Å². The van der Waals surface area contributed by atoms with Crippen LogP contribution in [0.4, 0.5) is 0 Å². The molecule has 0 aliphatic carbocycles. The Morgan fingerprint density at radius 2 is 1.50 bits per heavy atom. The standard InChI is InChI=1S/C20H23ClN2O3.C2H2O4/c1-25-18-5-3-4-17(19(18)26-2)20(24)23-12-10-22(11-13-23)14-15-6-8-16(21)9-7-15;3-1(4)2(5)6/h3-9H,10-14H2,1-2H3;(H,3,4)(H,5,6). The zero-order valence-electron chi connectivity index (χ0n) is 17.8. The van der Waals surface area contributed by atoms with Crippen LogP contribution in [0.15, 0.2) is 42.5 Å². The van der Waals surface area contributed by atoms with E-state index in [2.05, 4.69) is 4.90 Å². The molecule has 1 fully saturated rings. The van der Waals surface area contributed by atoms with Crippen LogP contribution in [0.5, 0.6) is 11.5 Å². The van der Waals surface area contributed by atoms with Crippen LogP contribution in [0.2, 0.25) is 5.02 Å². The van der Waals surface area contributed by atoms with E-state index in [1.54, 1.807) is 26.4 Å². The second-order valence-corrected chi connectivity index (χ2v) is 7.28. The molecule has 1 aliphatic rings. The van der Waals surface area contributed by atoms with Gasteiger partial charge in [0.25, 0.3) is 5.91 Å². The SMILES string of the molecule is COc1cccc(C(=O)N2CCN(Cc3ccc(Cl)cc3)CC2)c1OC.O=C(O)C(=O)O. The highest BCUT2D eigenvalue weighted by Gasteiger charge is 2.25. The number of halogens is 1. The molecule has 2 aromatic rings. The first kappa shape index (κ1) is 25.0. The summed E-state index contributed by atoms with van der Waals surface area (Å²) in [5, 5.41) is 15.5. The Hall–Kier alpha value is -3.30. The molecule has 1 saturated heterocycles. The molecule has 1 amide bonds. The van der Waals surface area contributed by atoms with Gasteiger partial charge in [-0.1, -0.05) is 29.8 Å². The summed E-state index contributed by atoms with van der Waals surface area (Å²) in [6.45, 7) is 3.91. The van der Waals surface area contributed by atoms with Crippen molar-refractivity contribution in [2.45, 2.75) is 6.54 Å². The number of hydrogen-bond acceptors (Lipinski definition) is 6. The lowest BCUT2D eigenvalue weighted by molar-refractivity contribution is -0.159. The summed E-state index contributed by atoms with van der Waals surface area (Å²) in [5.74, 6) is -2.61. The maximum atomic E-state index is 12.9. The van der Waals surface area contributed by atoms with Crippen LogP contribution in [0.25, 0.3) is 0 Å². The lowest BCUT2D eigenvalue weighted by atomic mass is 10.1. The normalized spacial score (nSPS) is 13.5. The van der Waals surface area contributed by atoms with Crippen molar-refractivity contribution >= 4 is 29.4 Å². The third-order valence-corrected chi connectivity index (χ3v) is 5.05. The lowest BCUT2D eigenvalue weighted by Crippen LogP contribution is -2.48. The number of para-hydroxylation sites is 1. The van der Waals surface area contributed by atoms with Crippen molar-refractivity contribution < 1.29 is 34.1 Å². The van der Waals surface area contributed by atoms with Crippen molar-refractivity contribution in [2.24, 2.45) is 0 Å². The molecule has 9 nitrogen and oxygen atoms in total. The van der Waals surface area contributed by atoms with Crippen LogP contribution in [0.1, 0.15) is 15.9 Å². The molecule has 3 rings (SSSR count). The fraction of sp³-hybridized carbons (Fsp3) is 0.318. The van der Waals surface area contributed by atoms with Crippen LogP contribution in [-0.4, -0.2) is 78.3 Å². The van der Waals surface area contributed by atoms with Crippen molar-refractivity contribution in [3.05, 3.63) is 58.6 Å². The first-order valence-corrected chi connectivity index (χ1v) is 10.1. The Balaban J connectivity index is 0.000000534. The summed E-state index contributed by atoms with van der Waals surface area (Å²) in [4.78, 5) is 35.3. The van der Waals surface area contributed by atoms with Crippen molar-refractivity contribution in [1.29, 1.82) is 0 Å². The van der Waals surface area contributed by atoms with Gasteiger partial charge in [-0.3, -0.25) is 9.69 Å². The van der Waals surface area contributed by atoms with Crippen molar-refractivity contribution in [2.75, 3.05) is 40.4 Å². The van der Waals surface area contributed by atoms with Gasteiger partial charge in [-0.15, -0.1) is 0 Å². The number of ether oxygens (including phenoxy) is 2. The molecule has 0 bridgehead atoms. The second-order valence-electron chi connectivity index (χ2n) is 6.85. The highest BCUT2D eigenvalue weighted by molar-refractivity contribution is 6.30. The first-order chi connectivity index (χ1) is 15.3. The molecule has 0 aromatic heterocycles. The number of benzene rings is 2. The van der Waals surface area contributed by atoms with Crippen LogP contribution in [-0.2, 0) is 16.1 Å². The Labute approximate surface area is 190 Å². The first-order valence-electron chi connectivity index (χ1n) is 9.70. The van der Waals surface area contributed by atoms with Gasteiger partial charge < -0.3 is 24.6 Å². The van der Waals surface area contributed by atoms with E-state index in [1.807, 2.05) is 35.2 Å². The van der Waals surface area contributed by atoms with Gasteiger partial charge in [-0.2, -0.15) is 0 Å². The van der Waals surface area contributed by atoms with E-state index in [9.17, 15) is 4.79 Å². The third kappa shape index (κ3) is 6.86. The predicted octanol–water partition coefficient (Wildman–Crippen LogP) is 2.47. The van der Waals surface area contributed by atoms with Crippen molar-refractivity contribution in [3.8, 4) is 11.5 Å². The van der Waals surface area contributed by atoms with Crippen LogP contribution in [0, 0.1) is 0 Å². The molecule has 0 radical (unpaired) electrons. The highest BCUT2D eigenvalue weighted by Crippen LogP contribution is 2.31. The molecule has 172 valence electrons. The van der Waals surface area contributed by atoms with E-state index in [0.29, 0.717) is 30.2 Å². The lowest BCUT2D eigenvalue weighted by Gasteiger charge is -2.35. The number of hydrogen-bond donors (Lipinski definition) is 2. The van der Waals surface area contributed by atoms with Crippen LogP contribution < -0.4 is 9.47 Å². The van der Waals surface area contributed by atoms with E-state index in [-0.39, 0.29) is 5.91 Å². The van der Waals surface area contributed by atoms with Gasteiger partial charge in [0.2, 0.25) is 0 Å². The van der Waals surface area contributed by atoms with Crippen molar-refractivity contribution in [1.82, 2.24) is 9.80 Å². The number of carbonyl (C=O) groups excluding carboxylic acids is 1. The van der Waals surface area contributed by atoms with Gasteiger partial charge in [0.1, 0.15) is 0 Å². The molecule has 32 heavy (non-hydrogen) atoms. The molecule has 2 N–H and O–H groups in total. The van der Waals surface area contributed by atoms with Gasteiger partial charge in [0.15, 0.2) is 11.5 Å². The molecular weight excluding hydrogens is 440 g/mol. The molecule has 10 heteroatoms. The quantitative estimate of drug-likeness (QED) is 0.648. The molecule has 1 aliphatic heterocycles. The number of nitrogens with zero attached hydrogens (tertiary/aromatic N) is 2. The topological polar surface area (TPSA) is 117 Å². The molecule has 0 spiro atoms. The maximum absolute atomic E-state index is 12.9. The van der Waals surface area contributed by atoms with Gasteiger partial charge in [-0.05, 0) is 29.8 Å². The van der Waals surface area contributed by atoms with Gasteiger partial charge >= 0.3 is 11.9 Å². The number of rotatable bonds is 5. The fourth-order valence-corrected chi connectivity index (χ4v) is 3.31. The monoisotopic (exact) mass is 464 g/mol. The number of carbonyl (C=O) groups is 3. The number of amides is 1. The Morgan fingerprint density at radius 3 is 2.00 bits per heavy atom. The fourth-order valence-electron chi connectivity index (χ4n) is 3.18. The Kier molecular flexibility index (Phi) is 9.30. The molecule has 1 heterocycles. The molecule has 0 saturated carbocycles. The number of methoxy groups -OCH3 is 2. The summed E-state index contributed by atoms with van der Waals surface area (Å²) in [6.07, 6.45) is 0. The highest BCUT2D eigenvalue weighted by atomic mass is 35.5. The molecule has 2 aromatic carbocycles. The van der Waals surface area contributed by atoms with E-state index in [0.717, 1.165) is 24.7 Å². The number of piperazine rings is 1.